The molecular formula is C15H19ClN4OS. The third kappa shape index (κ3) is 4.24. The monoisotopic (exact) mass is 338 g/mol. The normalized spacial score (nSPS) is 12.4. The minimum absolute atomic E-state index is 0.0526. The SMILES string of the molecule is CC(C)n1cnnc1S[C@H](C)C(=O)NCc1ccccc1Cl. The second-order valence-electron chi connectivity index (χ2n) is 5.18. The number of carbonyl (C=O) groups excluding carboxylic acids is 1. The van der Waals surface area contributed by atoms with E-state index in [9.17, 15) is 4.79 Å². The molecule has 0 radical (unpaired) electrons. The van der Waals surface area contributed by atoms with Gasteiger partial charge in [0.2, 0.25) is 5.91 Å². The van der Waals surface area contributed by atoms with Crippen molar-refractivity contribution < 1.29 is 4.79 Å². The Morgan fingerprint density at radius 2 is 2.09 bits per heavy atom. The van der Waals surface area contributed by atoms with E-state index < -0.39 is 0 Å². The van der Waals surface area contributed by atoms with Crippen LogP contribution in [0.1, 0.15) is 32.4 Å². The van der Waals surface area contributed by atoms with Crippen LogP contribution in [-0.4, -0.2) is 25.9 Å². The van der Waals surface area contributed by atoms with Crippen molar-refractivity contribution >= 4 is 29.3 Å². The molecule has 0 saturated carbocycles. The van der Waals surface area contributed by atoms with Gasteiger partial charge < -0.3 is 9.88 Å². The van der Waals surface area contributed by atoms with Crippen molar-refractivity contribution in [3.8, 4) is 0 Å². The van der Waals surface area contributed by atoms with Crippen LogP contribution in [0.15, 0.2) is 35.7 Å². The fourth-order valence-corrected chi connectivity index (χ4v) is 3.03. The summed E-state index contributed by atoms with van der Waals surface area (Å²) >= 11 is 7.48. The van der Waals surface area contributed by atoms with Gasteiger partial charge in [0.25, 0.3) is 0 Å². The molecule has 0 aliphatic rings. The van der Waals surface area contributed by atoms with Gasteiger partial charge in [-0.15, -0.1) is 10.2 Å². The maximum absolute atomic E-state index is 12.2. The summed E-state index contributed by atoms with van der Waals surface area (Å²) in [5, 5.41) is 12.0. The Bertz CT molecular complexity index is 644. The lowest BCUT2D eigenvalue weighted by molar-refractivity contribution is -0.120. The third-order valence-corrected chi connectivity index (χ3v) is 4.60. The Morgan fingerprint density at radius 3 is 2.77 bits per heavy atom. The van der Waals surface area contributed by atoms with Crippen LogP contribution in [0.25, 0.3) is 0 Å². The average Bonchev–Trinajstić information content (AvgIpc) is 2.94. The van der Waals surface area contributed by atoms with Gasteiger partial charge in [-0.05, 0) is 32.4 Å². The number of nitrogens with zero attached hydrogens (tertiary/aromatic N) is 3. The zero-order chi connectivity index (χ0) is 16.1. The summed E-state index contributed by atoms with van der Waals surface area (Å²) in [6.07, 6.45) is 1.68. The van der Waals surface area contributed by atoms with Crippen molar-refractivity contribution in [2.24, 2.45) is 0 Å². The minimum Gasteiger partial charge on any atom is -0.351 e. The largest absolute Gasteiger partial charge is 0.351 e. The molecule has 0 aliphatic heterocycles. The zero-order valence-electron chi connectivity index (χ0n) is 12.8. The van der Waals surface area contributed by atoms with E-state index in [0.717, 1.165) is 10.7 Å². The molecule has 1 amide bonds. The van der Waals surface area contributed by atoms with E-state index in [1.54, 1.807) is 6.33 Å². The van der Waals surface area contributed by atoms with Crippen molar-refractivity contribution in [2.75, 3.05) is 0 Å². The maximum Gasteiger partial charge on any atom is 0.233 e. The molecule has 1 aromatic heterocycles. The van der Waals surface area contributed by atoms with Gasteiger partial charge in [-0.1, -0.05) is 41.6 Å². The lowest BCUT2D eigenvalue weighted by Gasteiger charge is -2.14. The van der Waals surface area contributed by atoms with E-state index in [0.29, 0.717) is 11.6 Å². The Balaban J connectivity index is 1.92. The van der Waals surface area contributed by atoms with Crippen LogP contribution >= 0.6 is 23.4 Å². The molecule has 0 unspecified atom stereocenters. The van der Waals surface area contributed by atoms with Gasteiger partial charge in [-0.3, -0.25) is 4.79 Å². The minimum atomic E-state index is -0.260. The third-order valence-electron chi connectivity index (χ3n) is 3.16. The van der Waals surface area contributed by atoms with Crippen molar-refractivity contribution in [1.29, 1.82) is 0 Å². The number of aromatic nitrogens is 3. The molecule has 118 valence electrons. The fraction of sp³-hybridized carbons (Fsp3) is 0.400. The summed E-state index contributed by atoms with van der Waals surface area (Å²) in [6, 6.07) is 7.74. The Labute approximate surface area is 139 Å². The zero-order valence-corrected chi connectivity index (χ0v) is 14.4. The van der Waals surface area contributed by atoms with E-state index in [2.05, 4.69) is 29.4 Å². The number of thioether (sulfide) groups is 1. The predicted octanol–water partition coefficient (Wildman–Crippen LogP) is 3.31. The number of benzene rings is 1. The number of halogens is 1. The topological polar surface area (TPSA) is 59.8 Å². The molecule has 22 heavy (non-hydrogen) atoms. The highest BCUT2D eigenvalue weighted by Gasteiger charge is 2.18. The van der Waals surface area contributed by atoms with Gasteiger partial charge in [0.05, 0.1) is 5.25 Å². The molecule has 0 fully saturated rings. The molecule has 7 heteroatoms. The molecule has 5 nitrogen and oxygen atoms in total. The van der Waals surface area contributed by atoms with E-state index in [4.69, 9.17) is 11.6 Å². The molecule has 0 spiro atoms. The molecular weight excluding hydrogens is 320 g/mol. The number of rotatable bonds is 6. The van der Waals surface area contributed by atoms with Crippen LogP contribution in [0.3, 0.4) is 0 Å². The summed E-state index contributed by atoms with van der Waals surface area (Å²) in [6.45, 7) is 6.37. The fourth-order valence-electron chi connectivity index (χ4n) is 1.85. The first-order valence-corrected chi connectivity index (χ1v) is 8.32. The first-order valence-electron chi connectivity index (χ1n) is 7.06. The summed E-state index contributed by atoms with van der Waals surface area (Å²) in [5.41, 5.74) is 0.903. The molecule has 1 N–H and O–H groups in total. The summed E-state index contributed by atoms with van der Waals surface area (Å²) < 4.78 is 1.95. The Hall–Kier alpha value is -1.53. The van der Waals surface area contributed by atoms with Crippen LogP contribution in [0.2, 0.25) is 5.02 Å². The first kappa shape index (κ1) is 16.8. The van der Waals surface area contributed by atoms with E-state index >= 15 is 0 Å². The highest BCUT2D eigenvalue weighted by atomic mass is 35.5. The first-order chi connectivity index (χ1) is 10.5. The van der Waals surface area contributed by atoms with Crippen molar-refractivity contribution in [1.82, 2.24) is 20.1 Å². The number of hydrogen-bond donors (Lipinski definition) is 1. The molecule has 1 aromatic carbocycles. The van der Waals surface area contributed by atoms with E-state index in [-0.39, 0.29) is 17.2 Å². The molecule has 2 rings (SSSR count). The number of amides is 1. The highest BCUT2D eigenvalue weighted by Crippen LogP contribution is 2.23. The van der Waals surface area contributed by atoms with Gasteiger partial charge in [-0.25, -0.2) is 0 Å². The molecule has 1 atom stereocenters. The summed E-state index contributed by atoms with van der Waals surface area (Å²) in [7, 11) is 0. The maximum atomic E-state index is 12.2. The smallest absolute Gasteiger partial charge is 0.233 e. The van der Waals surface area contributed by atoms with Gasteiger partial charge >= 0.3 is 0 Å². The van der Waals surface area contributed by atoms with Crippen LogP contribution in [0.4, 0.5) is 0 Å². The molecule has 2 aromatic rings. The highest BCUT2D eigenvalue weighted by molar-refractivity contribution is 8.00. The number of hydrogen-bond acceptors (Lipinski definition) is 4. The van der Waals surface area contributed by atoms with Crippen molar-refractivity contribution in [2.45, 2.75) is 43.8 Å². The standard InChI is InChI=1S/C15H19ClN4OS/c1-10(2)20-9-18-19-15(20)22-11(3)14(21)17-8-12-6-4-5-7-13(12)16/h4-7,9-11H,8H2,1-3H3,(H,17,21)/t11-/m1/s1. The Morgan fingerprint density at radius 1 is 1.36 bits per heavy atom. The molecule has 1 heterocycles. The van der Waals surface area contributed by atoms with Crippen LogP contribution in [-0.2, 0) is 11.3 Å². The lowest BCUT2D eigenvalue weighted by atomic mass is 10.2. The molecule has 0 saturated heterocycles. The van der Waals surface area contributed by atoms with Crippen LogP contribution in [0.5, 0.6) is 0 Å². The van der Waals surface area contributed by atoms with Gasteiger partial charge in [-0.2, -0.15) is 0 Å². The molecule has 0 bridgehead atoms. The van der Waals surface area contributed by atoms with Crippen LogP contribution < -0.4 is 5.32 Å². The second kappa shape index (κ2) is 7.65. The van der Waals surface area contributed by atoms with Gasteiger partial charge in [0, 0.05) is 17.6 Å². The van der Waals surface area contributed by atoms with Gasteiger partial charge in [0.15, 0.2) is 5.16 Å². The Kier molecular flexibility index (Phi) is 5.85. The van der Waals surface area contributed by atoms with E-state index in [1.165, 1.54) is 11.8 Å². The summed E-state index contributed by atoms with van der Waals surface area (Å²) in [5.74, 6) is -0.0526. The van der Waals surface area contributed by atoms with Crippen molar-refractivity contribution in [3.05, 3.63) is 41.2 Å². The van der Waals surface area contributed by atoms with Gasteiger partial charge in [0.1, 0.15) is 6.33 Å². The van der Waals surface area contributed by atoms with Crippen LogP contribution in [0, 0.1) is 0 Å². The average molecular weight is 339 g/mol. The number of nitrogens with one attached hydrogen (secondary N) is 1. The molecule has 0 aliphatic carbocycles. The van der Waals surface area contributed by atoms with Crippen molar-refractivity contribution in [3.63, 3.8) is 0 Å². The second-order valence-corrected chi connectivity index (χ2v) is 6.90. The summed E-state index contributed by atoms with van der Waals surface area (Å²) in [4.78, 5) is 12.2. The van der Waals surface area contributed by atoms with E-state index in [1.807, 2.05) is 35.8 Å². The number of carbonyl (C=O) groups is 1. The lowest BCUT2D eigenvalue weighted by Crippen LogP contribution is -2.30. The quantitative estimate of drug-likeness (QED) is 0.821. The predicted molar refractivity (Wildman–Crippen MR) is 89.0 cm³/mol.